The Bertz CT molecular complexity index is 849. The maximum absolute atomic E-state index is 11.2. The molecule has 0 saturated heterocycles. The van der Waals surface area contributed by atoms with Gasteiger partial charge in [0.2, 0.25) is 0 Å². The first-order chi connectivity index (χ1) is 13.7. The third-order valence-electron chi connectivity index (χ3n) is 5.17. The molecule has 0 amide bonds. The summed E-state index contributed by atoms with van der Waals surface area (Å²) in [5.74, 6) is -0.277. The first kappa shape index (κ1) is 20.2. The summed E-state index contributed by atoms with van der Waals surface area (Å²) in [4.78, 5) is 13.7. The number of allylic oxidation sites excluding steroid dienone is 1. The topological polar surface area (TPSA) is 40.5 Å². The van der Waals surface area contributed by atoms with Crippen molar-refractivity contribution >= 4 is 17.4 Å². The van der Waals surface area contributed by atoms with Gasteiger partial charge >= 0.3 is 0 Å². The van der Waals surface area contributed by atoms with E-state index in [4.69, 9.17) is 5.11 Å². The Kier molecular flexibility index (Phi) is 7.35. The molecule has 3 nitrogen and oxygen atoms in total. The zero-order chi connectivity index (χ0) is 19.8. The molecular formula is C25H29NO2. The standard InChI is InChI=1S/C25H29NO2/c1-2-16-26(17-15-23-13-12-22-5-3-4-6-25(22)23)18-21-9-7-20(8-10-21)11-14-24(28)19-27/h3-11,13-14,27H,2,12,15-19H2,1H3/b14-11+. The number of rotatable bonds is 10. The molecule has 3 heteroatoms. The van der Waals surface area contributed by atoms with Gasteiger partial charge in [-0.15, -0.1) is 0 Å². The van der Waals surface area contributed by atoms with Crippen molar-refractivity contribution in [2.75, 3.05) is 19.7 Å². The van der Waals surface area contributed by atoms with Crippen LogP contribution in [0.25, 0.3) is 11.6 Å². The van der Waals surface area contributed by atoms with Crippen LogP contribution in [-0.2, 0) is 17.8 Å². The van der Waals surface area contributed by atoms with Gasteiger partial charge in [-0.05, 0) is 59.7 Å². The minimum absolute atomic E-state index is 0.277. The van der Waals surface area contributed by atoms with Crippen LogP contribution < -0.4 is 0 Å². The lowest BCUT2D eigenvalue weighted by Crippen LogP contribution is -2.25. The number of hydrogen-bond donors (Lipinski definition) is 1. The van der Waals surface area contributed by atoms with E-state index in [1.807, 2.05) is 12.1 Å². The summed E-state index contributed by atoms with van der Waals surface area (Å²) >= 11 is 0. The number of hydrogen-bond acceptors (Lipinski definition) is 3. The van der Waals surface area contributed by atoms with Gasteiger partial charge in [0, 0.05) is 13.1 Å². The van der Waals surface area contributed by atoms with E-state index in [2.05, 4.69) is 54.3 Å². The van der Waals surface area contributed by atoms with Gasteiger partial charge in [0.25, 0.3) is 0 Å². The average Bonchev–Trinajstić information content (AvgIpc) is 3.14. The highest BCUT2D eigenvalue weighted by Gasteiger charge is 2.14. The van der Waals surface area contributed by atoms with E-state index in [9.17, 15) is 4.79 Å². The molecule has 0 saturated carbocycles. The Morgan fingerprint density at radius 1 is 1.11 bits per heavy atom. The van der Waals surface area contributed by atoms with E-state index < -0.39 is 6.61 Å². The Labute approximate surface area is 168 Å². The van der Waals surface area contributed by atoms with Crippen LogP contribution in [-0.4, -0.2) is 35.5 Å². The largest absolute Gasteiger partial charge is 0.388 e. The molecule has 0 radical (unpaired) electrons. The summed E-state index contributed by atoms with van der Waals surface area (Å²) in [5.41, 5.74) is 6.60. The number of carbonyl (C=O) groups excluding carboxylic acids is 1. The number of aliphatic hydroxyl groups is 1. The molecule has 3 rings (SSSR count). The van der Waals surface area contributed by atoms with Gasteiger partial charge < -0.3 is 5.11 Å². The van der Waals surface area contributed by atoms with Gasteiger partial charge in [-0.2, -0.15) is 0 Å². The summed E-state index contributed by atoms with van der Waals surface area (Å²) in [6.45, 7) is 4.86. The molecule has 0 heterocycles. The van der Waals surface area contributed by atoms with E-state index in [-0.39, 0.29) is 5.78 Å². The number of aliphatic hydroxyl groups excluding tert-OH is 1. The van der Waals surface area contributed by atoms with E-state index in [1.54, 1.807) is 6.08 Å². The van der Waals surface area contributed by atoms with Crippen molar-refractivity contribution in [3.63, 3.8) is 0 Å². The fourth-order valence-electron chi connectivity index (χ4n) is 3.69. The SMILES string of the molecule is CCCN(CCC1=CCc2ccccc21)Cc1ccc(/C=C/C(=O)CO)cc1. The fourth-order valence-corrected chi connectivity index (χ4v) is 3.69. The Morgan fingerprint density at radius 2 is 1.89 bits per heavy atom. The molecule has 0 aromatic heterocycles. The van der Waals surface area contributed by atoms with E-state index >= 15 is 0 Å². The smallest absolute Gasteiger partial charge is 0.181 e. The number of ketones is 1. The predicted octanol–water partition coefficient (Wildman–Crippen LogP) is 4.50. The lowest BCUT2D eigenvalue weighted by molar-refractivity contribution is -0.117. The third-order valence-corrected chi connectivity index (χ3v) is 5.17. The van der Waals surface area contributed by atoms with Crippen molar-refractivity contribution in [3.05, 3.63) is 82.9 Å². The summed E-state index contributed by atoms with van der Waals surface area (Å²) in [6, 6.07) is 17.0. The Balaban J connectivity index is 1.57. The Hall–Kier alpha value is -2.49. The maximum atomic E-state index is 11.2. The first-order valence-corrected chi connectivity index (χ1v) is 10.1. The molecule has 28 heavy (non-hydrogen) atoms. The van der Waals surface area contributed by atoms with Gasteiger partial charge in [-0.25, -0.2) is 0 Å². The van der Waals surface area contributed by atoms with Gasteiger partial charge in [0.15, 0.2) is 5.78 Å². The number of nitrogens with zero attached hydrogens (tertiary/aromatic N) is 1. The minimum atomic E-state index is -0.443. The van der Waals surface area contributed by atoms with Crippen molar-refractivity contribution < 1.29 is 9.90 Å². The third kappa shape index (κ3) is 5.51. The Morgan fingerprint density at radius 3 is 2.64 bits per heavy atom. The quantitative estimate of drug-likeness (QED) is 0.622. The fraction of sp³-hybridized carbons (Fsp3) is 0.320. The molecule has 1 aliphatic carbocycles. The lowest BCUT2D eigenvalue weighted by atomic mass is 10.0. The highest BCUT2D eigenvalue weighted by Crippen LogP contribution is 2.29. The van der Waals surface area contributed by atoms with Crippen LogP contribution in [0, 0.1) is 0 Å². The van der Waals surface area contributed by atoms with Crippen molar-refractivity contribution in [3.8, 4) is 0 Å². The molecule has 2 aromatic carbocycles. The normalized spacial score (nSPS) is 13.2. The van der Waals surface area contributed by atoms with Crippen molar-refractivity contribution in [1.29, 1.82) is 0 Å². The van der Waals surface area contributed by atoms with Crippen LogP contribution in [0.15, 0.2) is 60.7 Å². The second-order valence-electron chi connectivity index (χ2n) is 7.32. The van der Waals surface area contributed by atoms with E-state index in [1.165, 1.54) is 28.3 Å². The molecular weight excluding hydrogens is 346 g/mol. The minimum Gasteiger partial charge on any atom is -0.388 e. The monoisotopic (exact) mass is 375 g/mol. The van der Waals surface area contributed by atoms with E-state index in [0.717, 1.165) is 44.5 Å². The van der Waals surface area contributed by atoms with Gasteiger partial charge in [-0.3, -0.25) is 9.69 Å². The molecule has 1 N–H and O–H groups in total. The van der Waals surface area contributed by atoms with Crippen LogP contribution in [0.4, 0.5) is 0 Å². The number of carbonyl (C=O) groups is 1. The first-order valence-electron chi connectivity index (χ1n) is 10.1. The average molecular weight is 376 g/mol. The van der Waals surface area contributed by atoms with Crippen LogP contribution in [0.3, 0.4) is 0 Å². The number of fused-ring (bicyclic) bond motifs is 1. The molecule has 0 spiro atoms. The number of benzene rings is 2. The zero-order valence-corrected chi connectivity index (χ0v) is 16.6. The summed E-state index contributed by atoms with van der Waals surface area (Å²) in [5, 5.41) is 8.78. The summed E-state index contributed by atoms with van der Waals surface area (Å²) < 4.78 is 0. The van der Waals surface area contributed by atoms with Crippen molar-refractivity contribution in [2.45, 2.75) is 32.7 Å². The highest BCUT2D eigenvalue weighted by atomic mass is 16.3. The van der Waals surface area contributed by atoms with Gasteiger partial charge in [-0.1, -0.05) is 67.6 Å². The molecule has 0 fully saturated rings. The molecule has 0 aliphatic heterocycles. The maximum Gasteiger partial charge on any atom is 0.181 e. The zero-order valence-electron chi connectivity index (χ0n) is 16.6. The van der Waals surface area contributed by atoms with Crippen LogP contribution in [0.1, 0.15) is 42.0 Å². The van der Waals surface area contributed by atoms with Crippen molar-refractivity contribution in [1.82, 2.24) is 4.90 Å². The molecule has 146 valence electrons. The van der Waals surface area contributed by atoms with Crippen LogP contribution in [0.5, 0.6) is 0 Å². The summed E-state index contributed by atoms with van der Waals surface area (Å²) in [6.07, 6.45) is 8.83. The molecule has 0 unspecified atom stereocenters. The van der Waals surface area contributed by atoms with Crippen LogP contribution in [0.2, 0.25) is 0 Å². The van der Waals surface area contributed by atoms with E-state index in [0.29, 0.717) is 0 Å². The second-order valence-corrected chi connectivity index (χ2v) is 7.32. The van der Waals surface area contributed by atoms with Crippen molar-refractivity contribution in [2.24, 2.45) is 0 Å². The predicted molar refractivity (Wildman–Crippen MR) is 116 cm³/mol. The molecule has 2 aromatic rings. The van der Waals surface area contributed by atoms with Crippen LogP contribution >= 0.6 is 0 Å². The molecule has 0 bridgehead atoms. The second kappa shape index (κ2) is 10.2. The lowest BCUT2D eigenvalue weighted by Gasteiger charge is -2.22. The summed E-state index contributed by atoms with van der Waals surface area (Å²) in [7, 11) is 0. The molecule has 0 atom stereocenters. The van der Waals surface area contributed by atoms with Gasteiger partial charge in [0.05, 0.1) is 0 Å². The highest BCUT2D eigenvalue weighted by molar-refractivity contribution is 5.94. The molecule has 1 aliphatic rings. The van der Waals surface area contributed by atoms with Gasteiger partial charge in [0.1, 0.15) is 6.61 Å².